The van der Waals surface area contributed by atoms with Crippen LogP contribution in [0.15, 0.2) is 67.0 Å². The lowest BCUT2D eigenvalue weighted by molar-refractivity contribution is -0.141. The second kappa shape index (κ2) is 31.7. The summed E-state index contributed by atoms with van der Waals surface area (Å²) in [6, 6.07) is 10.2. The van der Waals surface area contributed by atoms with Crippen molar-refractivity contribution in [2.24, 2.45) is 0 Å². The molecule has 0 spiro atoms. The first-order valence-corrected chi connectivity index (χ1v) is 22.3. The number of carbonyl (C=O) groups is 9. The third kappa shape index (κ3) is 23.9. The van der Waals surface area contributed by atoms with Crippen molar-refractivity contribution in [3.05, 3.63) is 78.1 Å². The number of nitrogens with one attached hydrogen (secondary N) is 7. The van der Waals surface area contributed by atoms with Crippen LogP contribution in [0.25, 0.3) is 10.8 Å². The van der Waals surface area contributed by atoms with Crippen LogP contribution >= 0.6 is 0 Å². The van der Waals surface area contributed by atoms with Gasteiger partial charge in [0, 0.05) is 58.1 Å². The van der Waals surface area contributed by atoms with E-state index in [-0.39, 0.29) is 70.8 Å². The highest BCUT2D eigenvalue weighted by atomic mass is 16.5. The molecule has 0 fully saturated rings. The summed E-state index contributed by atoms with van der Waals surface area (Å²) in [5.41, 5.74) is 1.41. The monoisotopic (exact) mass is 966 g/mol. The Bertz CT molecular complexity index is 2160. The number of rotatable bonds is 34. The zero-order chi connectivity index (χ0) is 50.4. The maximum absolute atomic E-state index is 13.6. The van der Waals surface area contributed by atoms with Crippen LogP contribution in [0.4, 0.5) is 4.79 Å². The minimum atomic E-state index is -1.56. The van der Waals surface area contributed by atoms with Crippen LogP contribution in [0.2, 0.25) is 0 Å². The molecule has 0 saturated carbocycles. The third-order valence-electron chi connectivity index (χ3n) is 10.1. The summed E-state index contributed by atoms with van der Waals surface area (Å²) >= 11 is 0. The number of nitrogens with zero attached hydrogens (tertiary/aromatic N) is 1. The van der Waals surface area contributed by atoms with Gasteiger partial charge in [-0.3, -0.25) is 33.8 Å². The molecule has 1 heterocycles. The predicted octanol–water partition coefficient (Wildman–Crippen LogP) is 0.0387. The molecule has 0 aliphatic heterocycles. The fourth-order valence-corrected chi connectivity index (χ4v) is 6.53. The van der Waals surface area contributed by atoms with Gasteiger partial charge in [-0.25, -0.2) is 14.4 Å². The highest BCUT2D eigenvalue weighted by Gasteiger charge is 2.27. The van der Waals surface area contributed by atoms with Gasteiger partial charge in [0.15, 0.2) is 0 Å². The first-order chi connectivity index (χ1) is 33.1. The fraction of sp³-hybridized carbons (Fsp3) is 0.478. The number of benzene rings is 2. The van der Waals surface area contributed by atoms with Gasteiger partial charge in [-0.05, 0) is 59.7 Å². The van der Waals surface area contributed by atoms with Gasteiger partial charge in [0.2, 0.25) is 29.5 Å². The van der Waals surface area contributed by atoms with Gasteiger partial charge >= 0.3 is 23.9 Å². The number of aliphatic carboxylic acids is 3. The summed E-state index contributed by atoms with van der Waals surface area (Å²) in [5, 5.41) is 47.2. The Kier molecular flexibility index (Phi) is 25.8. The molecule has 0 unspecified atom stereocenters. The van der Waals surface area contributed by atoms with Crippen molar-refractivity contribution in [2.45, 2.75) is 82.5 Å². The predicted molar refractivity (Wildman–Crippen MR) is 246 cm³/mol. The smallest absolute Gasteiger partial charge is 0.326 e. The number of unbranched alkanes of at least 4 members (excludes halogenated alkanes) is 1. The highest BCUT2D eigenvalue weighted by molar-refractivity contribution is 5.93. The average molecular weight is 967 g/mol. The van der Waals surface area contributed by atoms with E-state index in [9.17, 15) is 53.4 Å². The molecular weight excluding hydrogens is 905 g/mol. The molecule has 2 aromatic carbocycles. The average Bonchev–Trinajstić information content (AvgIpc) is 3.31. The maximum atomic E-state index is 13.6. The van der Waals surface area contributed by atoms with E-state index in [1.807, 2.05) is 42.5 Å². The van der Waals surface area contributed by atoms with E-state index in [1.165, 1.54) is 19.3 Å². The van der Waals surface area contributed by atoms with Crippen molar-refractivity contribution >= 4 is 64.2 Å². The Labute approximate surface area is 398 Å². The third-order valence-corrected chi connectivity index (χ3v) is 10.1. The van der Waals surface area contributed by atoms with E-state index in [0.29, 0.717) is 31.9 Å². The molecule has 3 rings (SSSR count). The first-order valence-electron chi connectivity index (χ1n) is 22.3. The van der Waals surface area contributed by atoms with Gasteiger partial charge in [-0.2, -0.15) is 0 Å². The lowest BCUT2D eigenvalue weighted by atomic mass is 10.0. The van der Waals surface area contributed by atoms with Crippen molar-refractivity contribution < 1.29 is 72.7 Å². The quantitative estimate of drug-likeness (QED) is 0.0353. The number of carboxylic acid groups (broad SMARTS) is 3. The van der Waals surface area contributed by atoms with E-state index in [1.54, 1.807) is 12.1 Å². The minimum absolute atomic E-state index is 0.0438. The van der Waals surface area contributed by atoms with Crippen LogP contribution in [0.3, 0.4) is 0 Å². The molecule has 0 aliphatic rings. The number of amides is 7. The highest BCUT2D eigenvalue weighted by Crippen LogP contribution is 2.17. The molecule has 7 amide bonds. The maximum Gasteiger partial charge on any atom is 0.326 e. The van der Waals surface area contributed by atoms with Crippen LogP contribution < -0.4 is 37.2 Å². The number of urea groups is 1. The molecule has 23 nitrogen and oxygen atoms in total. The zero-order valence-electron chi connectivity index (χ0n) is 38.4. The number of pyridine rings is 1. The van der Waals surface area contributed by atoms with E-state index < -0.39 is 91.1 Å². The van der Waals surface area contributed by atoms with Crippen molar-refractivity contribution in [2.75, 3.05) is 59.3 Å². The zero-order valence-corrected chi connectivity index (χ0v) is 38.4. The summed E-state index contributed by atoms with van der Waals surface area (Å²) in [4.78, 5) is 115. The minimum Gasteiger partial charge on any atom is -0.481 e. The summed E-state index contributed by atoms with van der Waals surface area (Å²) in [6.07, 6.45) is 2.51. The lowest BCUT2D eigenvalue weighted by Gasteiger charge is -2.21. The number of hydrogen-bond donors (Lipinski definition) is 10. The molecule has 1 aromatic heterocycles. The summed E-state index contributed by atoms with van der Waals surface area (Å²) in [5.74, 6) is -6.72. The number of hydrogen-bond acceptors (Lipinski definition) is 13. The largest absolute Gasteiger partial charge is 0.481 e. The van der Waals surface area contributed by atoms with Gasteiger partial charge in [0.05, 0.1) is 46.2 Å². The van der Waals surface area contributed by atoms with Gasteiger partial charge in [0.1, 0.15) is 24.2 Å². The lowest BCUT2D eigenvalue weighted by Crippen LogP contribution is -2.53. The van der Waals surface area contributed by atoms with Crippen molar-refractivity contribution in [3.8, 4) is 0 Å². The van der Waals surface area contributed by atoms with Gasteiger partial charge in [-0.15, -0.1) is 0 Å². The van der Waals surface area contributed by atoms with Crippen LogP contribution in [-0.2, 0) is 65.4 Å². The summed E-state index contributed by atoms with van der Waals surface area (Å²) in [6.45, 7) is 2.84. The molecule has 0 aliphatic carbocycles. The van der Waals surface area contributed by atoms with Crippen LogP contribution in [0.1, 0.15) is 56.6 Å². The van der Waals surface area contributed by atoms with Crippen LogP contribution in [-0.4, -0.2) is 157 Å². The van der Waals surface area contributed by atoms with Crippen molar-refractivity contribution in [1.82, 2.24) is 42.2 Å². The second-order valence-electron chi connectivity index (χ2n) is 15.6. The molecule has 3 aromatic rings. The van der Waals surface area contributed by atoms with Gasteiger partial charge in [0.25, 0.3) is 0 Å². The van der Waals surface area contributed by atoms with Crippen LogP contribution in [0.5, 0.6) is 0 Å². The molecule has 23 heteroatoms. The molecule has 0 radical (unpaired) electrons. The topological polar surface area (TPSA) is 339 Å². The fourth-order valence-electron chi connectivity index (χ4n) is 6.53. The molecule has 0 saturated heterocycles. The molecule has 10 N–H and O–H groups in total. The van der Waals surface area contributed by atoms with Gasteiger partial charge < -0.3 is 66.7 Å². The second-order valence-corrected chi connectivity index (χ2v) is 15.6. The number of aromatic nitrogens is 1. The Morgan fingerprint density at radius 3 is 1.77 bits per heavy atom. The van der Waals surface area contributed by atoms with Crippen LogP contribution in [0, 0.1) is 0 Å². The van der Waals surface area contributed by atoms with Gasteiger partial charge in [-0.1, -0.05) is 42.5 Å². The van der Waals surface area contributed by atoms with E-state index in [4.69, 9.17) is 19.3 Å². The summed E-state index contributed by atoms with van der Waals surface area (Å²) in [7, 11) is 0. The number of carbonyl (C=O) groups excluding carboxylic acids is 6. The van der Waals surface area contributed by atoms with Crippen molar-refractivity contribution in [1.29, 1.82) is 0 Å². The number of ether oxygens (including phenoxy) is 3. The Balaban J connectivity index is 1.54. The molecule has 4 atom stereocenters. The molecule has 0 bridgehead atoms. The first kappa shape index (κ1) is 56.1. The Morgan fingerprint density at radius 2 is 1.13 bits per heavy atom. The molecule has 376 valence electrons. The standard InChI is InChI=1S/C46H62N8O15/c1-30(55)48-19-21-68-23-25-69-24-22-67-20-15-39(56)51-37(27-31-13-17-47-18-14-31)43(61)50-29-40(57)52-38(28-32-9-10-33-6-2-3-7-34(33)26-32)42(60)49-16-5-4-8-35(44(62)63)53-46(66)54-36(45(64)65)11-12-41(58)59/h2-3,6-7,9-10,13-14,17-18,26,35-38H,4-5,8,11-12,15-16,19-25,27-29H2,1H3,(H,48,55)(H,49,60)(H,50,61)(H,51,56)(H,52,57)(H,58,59)(H,62,63)(H,64,65)(H2,53,54,66)/t35-,36-,37-,38-/m0/s1. The Morgan fingerprint density at radius 1 is 0.551 bits per heavy atom. The van der Waals surface area contributed by atoms with Crippen molar-refractivity contribution in [3.63, 3.8) is 0 Å². The SMILES string of the molecule is CC(=O)NCCOCCOCCOCCC(=O)N[C@@H](Cc1ccncc1)C(=O)NCC(=O)N[C@@H](Cc1ccc2ccccc2c1)C(=O)NCCCC[C@H](NC(=O)N[C@@H](CCC(=O)O)C(=O)O)C(=O)O. The molecular formula is C46H62N8O15. The van der Waals surface area contributed by atoms with E-state index in [2.05, 4.69) is 42.2 Å². The normalized spacial score (nSPS) is 12.6. The number of fused-ring (bicyclic) bond motifs is 1. The number of carboxylic acids is 3. The molecule has 69 heavy (non-hydrogen) atoms. The Hall–Kier alpha value is -7.24. The summed E-state index contributed by atoms with van der Waals surface area (Å²) < 4.78 is 16.3. The van der Waals surface area contributed by atoms with E-state index >= 15 is 0 Å². The van der Waals surface area contributed by atoms with E-state index in [0.717, 1.165) is 16.3 Å².